The van der Waals surface area contributed by atoms with E-state index in [0.29, 0.717) is 17.0 Å². The molecule has 1 aromatic carbocycles. The third-order valence-corrected chi connectivity index (χ3v) is 6.29. The van der Waals surface area contributed by atoms with Crippen molar-refractivity contribution >= 4 is 22.4 Å². The maximum Gasteiger partial charge on any atom is 0.323 e. The summed E-state index contributed by atoms with van der Waals surface area (Å²) in [7, 11) is 0. The number of urea groups is 1. The highest BCUT2D eigenvalue weighted by atomic mass is 32.1. The van der Waals surface area contributed by atoms with E-state index >= 15 is 0 Å². The lowest BCUT2D eigenvalue weighted by molar-refractivity contribution is 0.178. The molecule has 5 rings (SSSR count). The smallest absolute Gasteiger partial charge is 0.314 e. The Bertz CT molecular complexity index is 1010. The molecule has 2 bridgehead atoms. The monoisotopic (exact) mass is 380 g/mol. The van der Waals surface area contributed by atoms with Crippen molar-refractivity contribution in [2.24, 2.45) is 0 Å². The molecule has 0 unspecified atom stereocenters. The van der Waals surface area contributed by atoms with Gasteiger partial charge in [-0.2, -0.15) is 4.39 Å². The second-order valence-electron chi connectivity index (χ2n) is 6.85. The quantitative estimate of drug-likeness (QED) is 0.659. The molecule has 0 spiro atoms. The molecule has 2 atom stereocenters. The van der Waals surface area contributed by atoms with Crippen LogP contribution in [0.15, 0.2) is 48.8 Å². The summed E-state index contributed by atoms with van der Waals surface area (Å²) in [5.41, 5.74) is 2.58. The van der Waals surface area contributed by atoms with Crippen LogP contribution in [0.5, 0.6) is 0 Å². The second kappa shape index (κ2) is 6.42. The molecule has 1 N–H and O–H groups in total. The number of thiazole rings is 1. The van der Waals surface area contributed by atoms with Crippen molar-refractivity contribution in [2.45, 2.75) is 31.3 Å². The van der Waals surface area contributed by atoms with E-state index in [9.17, 15) is 9.18 Å². The first-order chi connectivity index (χ1) is 13.2. The van der Waals surface area contributed by atoms with E-state index in [1.54, 1.807) is 6.20 Å². The average Bonchev–Trinajstić information content (AvgIpc) is 3.27. The number of carbonyl (C=O) groups excluding carboxylic acids is 1. The van der Waals surface area contributed by atoms with Gasteiger partial charge in [-0.05, 0) is 30.9 Å². The fourth-order valence-corrected chi connectivity index (χ4v) is 4.95. The zero-order valence-corrected chi connectivity index (χ0v) is 15.2. The Hall–Kier alpha value is -2.80. The predicted octanol–water partition coefficient (Wildman–Crippen LogP) is 4.64. The summed E-state index contributed by atoms with van der Waals surface area (Å²) in [5.74, 6) is -0.403. The largest absolute Gasteiger partial charge is 0.323 e. The highest BCUT2D eigenvalue weighted by Gasteiger charge is 2.43. The van der Waals surface area contributed by atoms with Crippen molar-refractivity contribution in [3.05, 3.63) is 65.9 Å². The first kappa shape index (κ1) is 16.4. The molecule has 2 amide bonds. The van der Waals surface area contributed by atoms with Gasteiger partial charge in [-0.25, -0.2) is 14.8 Å². The number of amides is 2. The summed E-state index contributed by atoms with van der Waals surface area (Å²) in [6.07, 6.45) is 5.43. The SMILES string of the molecule is O=C(Nc1cnc(-c2ccccc2)s1)N1[C@@H]2CC[C@H]1c1ccnc(F)c1C2. The minimum atomic E-state index is -0.403. The molecule has 0 saturated carbocycles. The lowest BCUT2D eigenvalue weighted by atomic mass is 9.95. The van der Waals surface area contributed by atoms with Crippen molar-refractivity contribution in [3.8, 4) is 10.6 Å². The Kier molecular flexibility index (Phi) is 3.89. The van der Waals surface area contributed by atoms with Crippen LogP contribution in [-0.2, 0) is 6.42 Å². The Balaban J connectivity index is 1.37. The first-order valence-electron chi connectivity index (χ1n) is 8.94. The number of benzene rings is 1. The number of aromatic nitrogens is 2. The van der Waals surface area contributed by atoms with Crippen molar-refractivity contribution in [1.82, 2.24) is 14.9 Å². The third-order valence-electron chi connectivity index (χ3n) is 5.33. The standard InChI is InChI=1S/C20H17FN4OS/c21-18-15-10-13-6-7-16(14(15)8-9-22-18)25(13)20(26)24-17-11-23-19(27-17)12-4-2-1-3-5-12/h1-5,8-9,11,13,16H,6-7,10H2,(H,24,26)/t13-,16+/m1/s1. The molecule has 2 aliphatic rings. The predicted molar refractivity (Wildman–Crippen MR) is 102 cm³/mol. The molecule has 0 radical (unpaired) electrons. The van der Waals surface area contributed by atoms with Crippen molar-refractivity contribution in [1.29, 1.82) is 0 Å². The summed E-state index contributed by atoms with van der Waals surface area (Å²) in [4.78, 5) is 23.0. The molecule has 136 valence electrons. The van der Waals surface area contributed by atoms with Crippen molar-refractivity contribution in [3.63, 3.8) is 0 Å². The Morgan fingerprint density at radius 1 is 1.19 bits per heavy atom. The van der Waals surface area contributed by atoms with E-state index in [1.165, 1.54) is 17.5 Å². The normalized spacial score (nSPS) is 20.4. The zero-order valence-electron chi connectivity index (χ0n) is 14.4. The van der Waals surface area contributed by atoms with Crippen LogP contribution < -0.4 is 5.32 Å². The molecule has 1 fully saturated rings. The minimum Gasteiger partial charge on any atom is -0.314 e. The highest BCUT2D eigenvalue weighted by molar-refractivity contribution is 7.19. The molecule has 3 aromatic rings. The zero-order chi connectivity index (χ0) is 18.4. The number of anilines is 1. The Morgan fingerprint density at radius 3 is 2.89 bits per heavy atom. The summed E-state index contributed by atoms with van der Waals surface area (Å²) in [6, 6.07) is 11.5. The van der Waals surface area contributed by atoms with Gasteiger partial charge in [0.05, 0.1) is 12.2 Å². The van der Waals surface area contributed by atoms with E-state index < -0.39 is 5.95 Å². The van der Waals surface area contributed by atoms with Crippen molar-refractivity contribution in [2.75, 3.05) is 5.32 Å². The summed E-state index contributed by atoms with van der Waals surface area (Å²) >= 11 is 1.45. The van der Waals surface area contributed by atoms with E-state index in [-0.39, 0.29) is 18.1 Å². The van der Waals surface area contributed by atoms with Gasteiger partial charge in [-0.3, -0.25) is 5.32 Å². The van der Waals surface area contributed by atoms with Crippen LogP contribution in [-0.4, -0.2) is 26.9 Å². The molecule has 0 aliphatic carbocycles. The van der Waals surface area contributed by atoms with Gasteiger partial charge in [0.1, 0.15) is 10.0 Å². The number of carbonyl (C=O) groups is 1. The lowest BCUT2D eigenvalue weighted by Crippen LogP contribution is -2.44. The van der Waals surface area contributed by atoms with Crippen LogP contribution in [0.3, 0.4) is 0 Å². The summed E-state index contributed by atoms with van der Waals surface area (Å²) in [6.45, 7) is 0. The summed E-state index contributed by atoms with van der Waals surface area (Å²) in [5, 5.41) is 4.56. The molecule has 2 aliphatic heterocycles. The third kappa shape index (κ3) is 2.78. The maximum absolute atomic E-state index is 14.0. The number of pyridine rings is 1. The minimum absolute atomic E-state index is 0.0164. The molecule has 2 aromatic heterocycles. The van der Waals surface area contributed by atoms with E-state index in [1.807, 2.05) is 41.3 Å². The molecular weight excluding hydrogens is 363 g/mol. The van der Waals surface area contributed by atoms with Gasteiger partial charge in [0.25, 0.3) is 0 Å². The molecule has 5 nitrogen and oxygen atoms in total. The fourth-order valence-electron chi connectivity index (χ4n) is 4.14. The van der Waals surface area contributed by atoms with Gasteiger partial charge in [0.15, 0.2) is 0 Å². The topological polar surface area (TPSA) is 58.1 Å². The number of hydrogen-bond donors (Lipinski definition) is 1. The van der Waals surface area contributed by atoms with Crippen LogP contribution in [0, 0.1) is 5.95 Å². The number of hydrogen-bond acceptors (Lipinski definition) is 4. The second-order valence-corrected chi connectivity index (χ2v) is 7.88. The summed E-state index contributed by atoms with van der Waals surface area (Å²) < 4.78 is 14.0. The number of nitrogens with one attached hydrogen (secondary N) is 1. The van der Waals surface area contributed by atoms with Crippen LogP contribution in [0.2, 0.25) is 0 Å². The molecule has 4 heterocycles. The number of halogens is 1. The lowest BCUT2D eigenvalue weighted by Gasteiger charge is -2.36. The van der Waals surface area contributed by atoms with Gasteiger partial charge in [0, 0.05) is 23.4 Å². The van der Waals surface area contributed by atoms with E-state index in [0.717, 1.165) is 29.0 Å². The maximum atomic E-state index is 14.0. The van der Waals surface area contributed by atoms with Gasteiger partial charge >= 0.3 is 6.03 Å². The molecule has 27 heavy (non-hydrogen) atoms. The number of rotatable bonds is 2. The van der Waals surface area contributed by atoms with Crippen LogP contribution in [0.25, 0.3) is 10.6 Å². The highest BCUT2D eigenvalue weighted by Crippen LogP contribution is 2.44. The van der Waals surface area contributed by atoms with Crippen LogP contribution in [0.1, 0.15) is 30.0 Å². The Morgan fingerprint density at radius 2 is 2.04 bits per heavy atom. The van der Waals surface area contributed by atoms with Gasteiger partial charge in [-0.1, -0.05) is 41.7 Å². The molecular formula is C20H17FN4OS. The average molecular weight is 380 g/mol. The first-order valence-corrected chi connectivity index (χ1v) is 9.76. The van der Waals surface area contributed by atoms with Crippen molar-refractivity contribution < 1.29 is 9.18 Å². The Labute approximate surface area is 159 Å². The molecule has 7 heteroatoms. The molecule has 1 saturated heterocycles. The van der Waals surface area contributed by atoms with Crippen LogP contribution >= 0.6 is 11.3 Å². The van der Waals surface area contributed by atoms with E-state index in [2.05, 4.69) is 15.3 Å². The number of nitrogens with zero attached hydrogens (tertiary/aromatic N) is 3. The van der Waals surface area contributed by atoms with Gasteiger partial charge < -0.3 is 4.90 Å². The van der Waals surface area contributed by atoms with E-state index in [4.69, 9.17) is 0 Å². The van der Waals surface area contributed by atoms with Crippen LogP contribution in [0.4, 0.5) is 14.2 Å². The number of fused-ring (bicyclic) bond motifs is 4. The van der Waals surface area contributed by atoms with Gasteiger partial charge in [0.2, 0.25) is 5.95 Å². The van der Waals surface area contributed by atoms with Gasteiger partial charge in [-0.15, -0.1) is 0 Å². The fraction of sp³-hybridized carbons (Fsp3) is 0.250.